The molecule has 0 aliphatic carbocycles. The van der Waals surface area contributed by atoms with E-state index in [-0.39, 0.29) is 5.82 Å². The van der Waals surface area contributed by atoms with Crippen LogP contribution in [0.1, 0.15) is 5.56 Å². The first kappa shape index (κ1) is 14.5. The molecule has 20 heavy (non-hydrogen) atoms. The molecule has 0 saturated heterocycles. The van der Waals surface area contributed by atoms with Gasteiger partial charge in [0.15, 0.2) is 0 Å². The zero-order chi connectivity index (χ0) is 14.5. The molecular formula is C15H15ClFNO2. The summed E-state index contributed by atoms with van der Waals surface area (Å²) >= 11 is 6.03. The van der Waals surface area contributed by atoms with Gasteiger partial charge in [-0.3, -0.25) is 0 Å². The molecule has 0 heterocycles. The van der Waals surface area contributed by atoms with Gasteiger partial charge in [-0.2, -0.15) is 0 Å². The van der Waals surface area contributed by atoms with Gasteiger partial charge < -0.3 is 14.8 Å². The lowest BCUT2D eigenvalue weighted by molar-refractivity contribution is 0.404. The van der Waals surface area contributed by atoms with Crippen LogP contribution in [-0.2, 0) is 6.54 Å². The molecule has 2 rings (SSSR count). The first-order valence-electron chi connectivity index (χ1n) is 6.04. The molecule has 0 aliphatic rings. The lowest BCUT2D eigenvalue weighted by Crippen LogP contribution is -2.03. The van der Waals surface area contributed by atoms with Crippen molar-refractivity contribution in [1.82, 2.24) is 0 Å². The Morgan fingerprint density at radius 2 is 1.80 bits per heavy atom. The van der Waals surface area contributed by atoms with Crippen LogP contribution in [0, 0.1) is 5.82 Å². The van der Waals surface area contributed by atoms with Gasteiger partial charge >= 0.3 is 0 Å². The molecule has 0 saturated carbocycles. The van der Waals surface area contributed by atoms with E-state index < -0.39 is 0 Å². The average Bonchev–Trinajstić information content (AvgIpc) is 2.47. The number of anilines is 1. The zero-order valence-corrected chi connectivity index (χ0v) is 12.0. The molecule has 1 N–H and O–H groups in total. The Bertz CT molecular complexity index is 604. The Labute approximate surface area is 122 Å². The maximum Gasteiger partial charge on any atom is 0.143 e. The summed E-state index contributed by atoms with van der Waals surface area (Å²) in [5.41, 5.74) is 1.26. The number of hydrogen-bond donors (Lipinski definition) is 1. The fourth-order valence-electron chi connectivity index (χ4n) is 1.83. The highest BCUT2D eigenvalue weighted by atomic mass is 35.5. The van der Waals surface area contributed by atoms with Crippen LogP contribution in [0.15, 0.2) is 36.4 Å². The van der Waals surface area contributed by atoms with Crippen LogP contribution in [0.2, 0.25) is 5.02 Å². The van der Waals surface area contributed by atoms with Gasteiger partial charge in [-0.25, -0.2) is 4.39 Å². The third kappa shape index (κ3) is 3.14. The van der Waals surface area contributed by atoms with E-state index in [4.69, 9.17) is 21.1 Å². The first-order chi connectivity index (χ1) is 9.65. The average molecular weight is 296 g/mol. The van der Waals surface area contributed by atoms with Crippen LogP contribution in [0.25, 0.3) is 0 Å². The molecule has 0 aromatic heterocycles. The number of methoxy groups -OCH3 is 2. The van der Waals surface area contributed by atoms with E-state index in [2.05, 4.69) is 5.32 Å². The summed E-state index contributed by atoms with van der Waals surface area (Å²) < 4.78 is 24.0. The number of halogens is 2. The zero-order valence-electron chi connectivity index (χ0n) is 11.2. The maximum atomic E-state index is 13.6. The molecule has 3 nitrogen and oxygen atoms in total. The topological polar surface area (TPSA) is 30.5 Å². The van der Waals surface area contributed by atoms with Crippen LogP contribution < -0.4 is 14.8 Å². The van der Waals surface area contributed by atoms with Gasteiger partial charge in [0.05, 0.1) is 24.9 Å². The molecular weight excluding hydrogens is 281 g/mol. The van der Waals surface area contributed by atoms with E-state index in [9.17, 15) is 4.39 Å². The van der Waals surface area contributed by atoms with Crippen LogP contribution >= 0.6 is 11.6 Å². The summed E-state index contributed by atoms with van der Waals surface area (Å²) in [6.07, 6.45) is 0. The highest BCUT2D eigenvalue weighted by molar-refractivity contribution is 6.32. The Kier molecular flexibility index (Phi) is 4.69. The van der Waals surface area contributed by atoms with Crippen LogP contribution in [0.4, 0.5) is 10.1 Å². The third-order valence-electron chi connectivity index (χ3n) is 2.90. The maximum absolute atomic E-state index is 13.6. The number of hydrogen-bond acceptors (Lipinski definition) is 3. The summed E-state index contributed by atoms with van der Waals surface area (Å²) in [5.74, 6) is 0.857. The number of rotatable bonds is 5. The lowest BCUT2D eigenvalue weighted by Gasteiger charge is -2.14. The normalized spacial score (nSPS) is 10.2. The van der Waals surface area contributed by atoms with Crippen molar-refractivity contribution in [3.63, 3.8) is 0 Å². The second-order valence-electron chi connectivity index (χ2n) is 4.13. The molecule has 0 aliphatic heterocycles. The van der Waals surface area contributed by atoms with E-state index >= 15 is 0 Å². The Balaban J connectivity index is 2.22. The summed E-state index contributed by atoms with van der Waals surface area (Å²) in [6, 6.07) is 9.98. The first-order valence-corrected chi connectivity index (χ1v) is 6.42. The van der Waals surface area contributed by atoms with Crippen LogP contribution in [0.3, 0.4) is 0 Å². The Morgan fingerprint density at radius 1 is 1.10 bits per heavy atom. The molecule has 0 bridgehead atoms. The van der Waals surface area contributed by atoms with Crippen molar-refractivity contribution in [1.29, 1.82) is 0 Å². The third-order valence-corrected chi connectivity index (χ3v) is 3.20. The number of nitrogens with one attached hydrogen (secondary N) is 1. The van der Waals surface area contributed by atoms with E-state index in [1.54, 1.807) is 37.4 Å². The molecule has 0 amide bonds. The largest absolute Gasteiger partial charge is 0.495 e. The van der Waals surface area contributed by atoms with Crippen molar-refractivity contribution in [3.8, 4) is 11.5 Å². The Hall–Kier alpha value is -1.94. The number of benzene rings is 2. The summed E-state index contributed by atoms with van der Waals surface area (Å²) in [6.45, 7) is 0.341. The minimum Gasteiger partial charge on any atom is -0.495 e. The fourth-order valence-corrected chi connectivity index (χ4v) is 2.06. The fraction of sp³-hybridized carbons (Fsp3) is 0.200. The van der Waals surface area contributed by atoms with Gasteiger partial charge in [0.25, 0.3) is 0 Å². The second-order valence-corrected chi connectivity index (χ2v) is 4.54. The molecule has 0 atom stereocenters. The van der Waals surface area contributed by atoms with Crippen LogP contribution in [-0.4, -0.2) is 14.2 Å². The van der Waals surface area contributed by atoms with Crippen molar-refractivity contribution in [2.45, 2.75) is 6.54 Å². The van der Waals surface area contributed by atoms with Gasteiger partial charge in [-0.05, 0) is 6.07 Å². The van der Waals surface area contributed by atoms with Crippen molar-refractivity contribution in [2.75, 3.05) is 19.5 Å². The van der Waals surface area contributed by atoms with Gasteiger partial charge in [0, 0.05) is 24.2 Å². The molecule has 2 aromatic carbocycles. The molecule has 2 aromatic rings. The quantitative estimate of drug-likeness (QED) is 0.900. The molecule has 106 valence electrons. The molecule has 0 radical (unpaired) electrons. The van der Waals surface area contributed by atoms with Gasteiger partial charge in [0.1, 0.15) is 17.3 Å². The molecule has 0 unspecified atom stereocenters. The Morgan fingerprint density at radius 3 is 2.45 bits per heavy atom. The molecule has 0 fully saturated rings. The van der Waals surface area contributed by atoms with Gasteiger partial charge in [-0.15, -0.1) is 0 Å². The van der Waals surface area contributed by atoms with Gasteiger partial charge in [-0.1, -0.05) is 29.8 Å². The van der Waals surface area contributed by atoms with Crippen molar-refractivity contribution < 1.29 is 13.9 Å². The van der Waals surface area contributed by atoms with Crippen molar-refractivity contribution >= 4 is 17.3 Å². The van der Waals surface area contributed by atoms with E-state index in [0.29, 0.717) is 34.3 Å². The predicted molar refractivity (Wildman–Crippen MR) is 78.3 cm³/mol. The smallest absolute Gasteiger partial charge is 0.143 e. The molecule has 5 heteroatoms. The summed E-state index contributed by atoms with van der Waals surface area (Å²) in [7, 11) is 3.08. The second kappa shape index (κ2) is 6.48. The van der Waals surface area contributed by atoms with Gasteiger partial charge in [0.2, 0.25) is 0 Å². The predicted octanol–water partition coefficient (Wildman–Crippen LogP) is 4.11. The van der Waals surface area contributed by atoms with E-state index in [1.807, 2.05) is 0 Å². The van der Waals surface area contributed by atoms with E-state index in [0.717, 1.165) is 0 Å². The van der Waals surface area contributed by atoms with E-state index in [1.165, 1.54) is 13.2 Å². The summed E-state index contributed by atoms with van der Waals surface area (Å²) in [4.78, 5) is 0. The highest BCUT2D eigenvalue weighted by Gasteiger charge is 2.10. The van der Waals surface area contributed by atoms with Crippen molar-refractivity contribution in [3.05, 3.63) is 52.8 Å². The minimum atomic E-state index is -0.250. The number of ether oxygens (including phenoxy) is 2. The SMILES string of the molecule is COc1cc(NCc2ccccc2F)c(OC)cc1Cl. The summed E-state index contributed by atoms with van der Waals surface area (Å²) in [5, 5.41) is 3.58. The monoisotopic (exact) mass is 295 g/mol. The lowest BCUT2D eigenvalue weighted by atomic mass is 10.2. The van der Waals surface area contributed by atoms with Crippen molar-refractivity contribution in [2.24, 2.45) is 0 Å². The molecule has 0 spiro atoms. The van der Waals surface area contributed by atoms with Crippen LogP contribution in [0.5, 0.6) is 11.5 Å². The highest BCUT2D eigenvalue weighted by Crippen LogP contribution is 2.36. The minimum absolute atomic E-state index is 0.250. The standard InChI is InChI=1S/C15H15ClFNO2/c1-19-14-8-13(15(20-2)7-11(14)16)18-9-10-5-3-4-6-12(10)17/h3-8,18H,9H2,1-2H3.